The van der Waals surface area contributed by atoms with E-state index in [1.807, 2.05) is 70.1 Å². The fourth-order valence-corrected chi connectivity index (χ4v) is 7.18. The second-order valence-electron chi connectivity index (χ2n) is 13.1. The summed E-state index contributed by atoms with van der Waals surface area (Å²) >= 11 is 0. The highest BCUT2D eigenvalue weighted by atomic mass is 16.2. The summed E-state index contributed by atoms with van der Waals surface area (Å²) in [5.41, 5.74) is 8.84. The number of para-hydroxylation sites is 2. The molecule has 9 nitrogen and oxygen atoms in total. The number of piperidine rings is 1. The van der Waals surface area contributed by atoms with Gasteiger partial charge in [0.05, 0.1) is 33.5 Å². The molecular weight excluding hydrogens is 598 g/mol. The number of rotatable bonds is 6. The van der Waals surface area contributed by atoms with Gasteiger partial charge in [-0.05, 0) is 55.8 Å². The number of benzene rings is 4. The zero-order chi connectivity index (χ0) is 32.6. The van der Waals surface area contributed by atoms with Crippen molar-refractivity contribution in [3.63, 3.8) is 0 Å². The Bertz CT molecular complexity index is 2140. The molecule has 0 unspecified atom stereocenters. The number of hydrogen-bond donors (Lipinski definition) is 1. The number of imidazole rings is 1. The van der Waals surface area contributed by atoms with Crippen LogP contribution in [0.2, 0.25) is 0 Å². The van der Waals surface area contributed by atoms with E-state index in [2.05, 4.69) is 58.2 Å². The van der Waals surface area contributed by atoms with E-state index < -0.39 is 0 Å². The number of hydrogen-bond acceptors (Lipinski definition) is 6. The number of aromatic nitrogens is 4. The number of fused-ring (bicyclic) bond motifs is 2. The van der Waals surface area contributed by atoms with E-state index in [1.165, 1.54) is 5.56 Å². The maximum atomic E-state index is 13.4. The first-order valence-electron chi connectivity index (χ1n) is 16.9. The van der Waals surface area contributed by atoms with Crippen molar-refractivity contribution in [2.45, 2.75) is 25.4 Å². The van der Waals surface area contributed by atoms with Gasteiger partial charge in [-0.25, -0.2) is 14.8 Å². The fraction of sp³-hybridized carbons (Fsp3) is 0.282. The molecule has 0 saturated carbocycles. The Morgan fingerprint density at radius 3 is 2.17 bits per heavy atom. The predicted octanol–water partition coefficient (Wildman–Crippen LogP) is 5.83. The van der Waals surface area contributed by atoms with Gasteiger partial charge in [0, 0.05) is 68.5 Å². The van der Waals surface area contributed by atoms with Gasteiger partial charge in [0.15, 0.2) is 0 Å². The number of aromatic amines is 1. The van der Waals surface area contributed by atoms with Gasteiger partial charge < -0.3 is 14.8 Å². The van der Waals surface area contributed by atoms with E-state index >= 15 is 0 Å². The highest BCUT2D eigenvalue weighted by molar-refractivity contribution is 5.98. The monoisotopic (exact) mass is 637 g/mol. The number of likely N-dealkylation sites (tertiary alicyclic amines) is 1. The first kappa shape index (κ1) is 30.2. The first-order valence-corrected chi connectivity index (χ1v) is 16.9. The summed E-state index contributed by atoms with van der Waals surface area (Å²) in [6.07, 6.45) is 1.87. The average molecular weight is 638 g/mol. The Balaban J connectivity index is 1.03. The van der Waals surface area contributed by atoms with Crippen molar-refractivity contribution < 1.29 is 4.79 Å². The van der Waals surface area contributed by atoms with Crippen molar-refractivity contribution in [1.82, 2.24) is 34.2 Å². The Labute approximate surface area is 279 Å². The molecule has 0 aliphatic carbocycles. The van der Waals surface area contributed by atoms with Gasteiger partial charge in [0.1, 0.15) is 0 Å². The van der Waals surface area contributed by atoms with Gasteiger partial charge in [-0.1, -0.05) is 66.7 Å². The van der Waals surface area contributed by atoms with Gasteiger partial charge in [0.25, 0.3) is 5.91 Å². The molecule has 9 heteroatoms. The van der Waals surface area contributed by atoms with Crippen LogP contribution in [0, 0.1) is 0 Å². The molecule has 4 heterocycles. The fourth-order valence-electron chi connectivity index (χ4n) is 7.18. The Hall–Kier alpha value is -5.12. The predicted molar refractivity (Wildman–Crippen MR) is 190 cm³/mol. The van der Waals surface area contributed by atoms with Crippen LogP contribution >= 0.6 is 0 Å². The number of nitrogens with one attached hydrogen (secondary N) is 1. The van der Waals surface area contributed by atoms with Crippen LogP contribution in [0.1, 0.15) is 34.8 Å². The molecule has 2 aliphatic heterocycles. The Morgan fingerprint density at radius 1 is 0.750 bits per heavy atom. The number of likely N-dealkylation sites (N-methyl/N-ethyl adjacent to an activating group) is 1. The summed E-state index contributed by atoms with van der Waals surface area (Å²) in [5.74, 6) is 0.0439. The van der Waals surface area contributed by atoms with E-state index in [0.29, 0.717) is 11.1 Å². The maximum Gasteiger partial charge on any atom is 0.326 e. The Morgan fingerprint density at radius 2 is 1.42 bits per heavy atom. The standard InChI is InChI=1S/C39H39N7O2/c1-43-21-23-45(24-22-43)38(47)30-15-16-32-34(25-30)41-37(36(40-32)28-7-3-2-4-8-28)29-13-11-27(12-14-29)26-44-19-17-31(18-20-44)46-35-10-6-5-9-33(35)42-39(46)48/h2-16,25,31H,17-24,26H2,1H3,(H,42,48). The van der Waals surface area contributed by atoms with Gasteiger partial charge in [-0.3, -0.25) is 14.3 Å². The molecule has 6 aromatic rings. The second-order valence-corrected chi connectivity index (χ2v) is 13.1. The molecule has 0 radical (unpaired) electrons. The lowest BCUT2D eigenvalue weighted by Crippen LogP contribution is -2.47. The number of amides is 1. The summed E-state index contributed by atoms with van der Waals surface area (Å²) in [5, 5.41) is 0. The van der Waals surface area contributed by atoms with E-state index in [0.717, 1.165) is 97.7 Å². The molecule has 2 aromatic heterocycles. The second kappa shape index (κ2) is 12.8. The van der Waals surface area contributed by atoms with Gasteiger partial charge in [-0.15, -0.1) is 0 Å². The highest BCUT2D eigenvalue weighted by Crippen LogP contribution is 2.32. The summed E-state index contributed by atoms with van der Waals surface area (Å²) in [4.78, 5) is 46.0. The van der Waals surface area contributed by atoms with E-state index in [9.17, 15) is 9.59 Å². The smallest absolute Gasteiger partial charge is 0.326 e. The summed E-state index contributed by atoms with van der Waals surface area (Å²) in [7, 11) is 2.09. The van der Waals surface area contributed by atoms with Gasteiger partial charge in [-0.2, -0.15) is 0 Å². The van der Waals surface area contributed by atoms with Crippen LogP contribution < -0.4 is 5.69 Å². The van der Waals surface area contributed by atoms with Crippen LogP contribution in [0.25, 0.3) is 44.6 Å². The SMILES string of the molecule is CN1CCN(C(=O)c2ccc3nc(-c4ccccc4)c(-c4ccc(CN5CCC(n6c(=O)[nH]c7ccccc76)CC5)cc4)nc3c2)CC1. The van der Waals surface area contributed by atoms with E-state index in [4.69, 9.17) is 9.97 Å². The lowest BCUT2D eigenvalue weighted by molar-refractivity contribution is 0.0664. The van der Waals surface area contributed by atoms with Crippen molar-refractivity contribution in [1.29, 1.82) is 0 Å². The average Bonchev–Trinajstić information content (AvgIpc) is 3.47. The Kier molecular flexibility index (Phi) is 8.08. The minimum atomic E-state index is -0.0187. The minimum Gasteiger partial charge on any atom is -0.336 e. The molecule has 242 valence electrons. The number of H-pyrrole nitrogens is 1. The molecule has 0 bridgehead atoms. The zero-order valence-electron chi connectivity index (χ0n) is 27.2. The van der Waals surface area contributed by atoms with Crippen molar-refractivity contribution in [2.24, 2.45) is 0 Å². The topological polar surface area (TPSA) is 90.4 Å². The highest BCUT2D eigenvalue weighted by Gasteiger charge is 2.24. The number of carbonyl (C=O) groups is 1. The normalized spacial score (nSPS) is 16.6. The summed E-state index contributed by atoms with van der Waals surface area (Å²) < 4.78 is 1.95. The third kappa shape index (κ3) is 5.91. The van der Waals surface area contributed by atoms with Crippen LogP contribution in [0.5, 0.6) is 0 Å². The molecule has 1 amide bonds. The third-order valence-electron chi connectivity index (χ3n) is 9.93. The van der Waals surface area contributed by atoms with E-state index in [-0.39, 0.29) is 17.6 Å². The van der Waals surface area contributed by atoms with Crippen LogP contribution in [0.4, 0.5) is 0 Å². The van der Waals surface area contributed by atoms with Crippen LogP contribution in [0.3, 0.4) is 0 Å². The van der Waals surface area contributed by atoms with Gasteiger partial charge >= 0.3 is 5.69 Å². The van der Waals surface area contributed by atoms with Gasteiger partial charge in [0.2, 0.25) is 0 Å². The molecule has 0 spiro atoms. The zero-order valence-corrected chi connectivity index (χ0v) is 27.2. The van der Waals surface area contributed by atoms with Crippen LogP contribution in [-0.4, -0.2) is 86.4 Å². The minimum absolute atomic E-state index is 0.0187. The lowest BCUT2D eigenvalue weighted by Gasteiger charge is -2.32. The molecule has 4 aromatic carbocycles. The summed E-state index contributed by atoms with van der Waals surface area (Å²) in [6, 6.07) is 32.6. The molecule has 0 atom stereocenters. The first-order chi connectivity index (χ1) is 23.5. The van der Waals surface area contributed by atoms with Crippen molar-refractivity contribution in [2.75, 3.05) is 46.3 Å². The number of nitrogens with zero attached hydrogens (tertiary/aromatic N) is 6. The maximum absolute atomic E-state index is 13.4. The largest absolute Gasteiger partial charge is 0.336 e. The van der Waals surface area contributed by atoms with Crippen molar-refractivity contribution in [3.05, 3.63) is 119 Å². The number of carbonyl (C=O) groups excluding carboxylic acids is 1. The quantitative estimate of drug-likeness (QED) is 0.247. The van der Waals surface area contributed by atoms with Crippen molar-refractivity contribution >= 4 is 28.0 Å². The lowest BCUT2D eigenvalue weighted by atomic mass is 10.0. The third-order valence-corrected chi connectivity index (χ3v) is 9.93. The molecule has 8 rings (SSSR count). The van der Waals surface area contributed by atoms with Crippen LogP contribution in [-0.2, 0) is 6.54 Å². The molecule has 2 aliphatic rings. The van der Waals surface area contributed by atoms with Crippen molar-refractivity contribution in [3.8, 4) is 22.5 Å². The van der Waals surface area contributed by atoms with E-state index in [1.54, 1.807) is 0 Å². The summed E-state index contributed by atoms with van der Waals surface area (Å²) in [6.45, 7) is 5.93. The molecule has 1 N–H and O–H groups in total. The molecular formula is C39H39N7O2. The molecule has 48 heavy (non-hydrogen) atoms. The molecule has 2 fully saturated rings. The van der Waals surface area contributed by atoms with Crippen LogP contribution in [0.15, 0.2) is 102 Å². The molecule has 2 saturated heterocycles. The number of piperazine rings is 1.